The van der Waals surface area contributed by atoms with Crippen molar-refractivity contribution < 1.29 is 13.5 Å². The van der Waals surface area contributed by atoms with Crippen molar-refractivity contribution in [3.8, 4) is 5.75 Å². The lowest BCUT2D eigenvalue weighted by molar-refractivity contribution is -0.0498. The first kappa shape index (κ1) is 14.9. The van der Waals surface area contributed by atoms with Crippen LogP contribution in [0.2, 0.25) is 0 Å². The van der Waals surface area contributed by atoms with Gasteiger partial charge in [-0.05, 0) is 36.2 Å². The number of ether oxygens (including phenoxy) is 1. The van der Waals surface area contributed by atoms with Crippen LogP contribution in [0.3, 0.4) is 0 Å². The first-order valence-corrected chi connectivity index (χ1v) is 7.28. The molecule has 2 nitrogen and oxygen atoms in total. The molecule has 1 aromatic carbocycles. The maximum absolute atomic E-state index is 12.1. The molecule has 0 radical (unpaired) electrons. The van der Waals surface area contributed by atoms with Crippen LogP contribution in [0.15, 0.2) is 36.4 Å². The van der Waals surface area contributed by atoms with Crippen LogP contribution in [0.4, 0.5) is 8.78 Å². The van der Waals surface area contributed by atoms with Gasteiger partial charge in [0.1, 0.15) is 5.75 Å². The first-order chi connectivity index (χ1) is 9.58. The Hall–Kier alpha value is -1.46. The number of hydrogen-bond acceptors (Lipinski definition) is 3. The summed E-state index contributed by atoms with van der Waals surface area (Å²) in [5, 5.41) is 0. The van der Waals surface area contributed by atoms with Gasteiger partial charge in [0, 0.05) is 22.2 Å². The SMILES string of the molecule is CCc1ccc(CC(N)c2ccc(OC(F)F)cc2)s1. The van der Waals surface area contributed by atoms with Gasteiger partial charge < -0.3 is 10.5 Å². The van der Waals surface area contributed by atoms with Crippen LogP contribution in [0.25, 0.3) is 0 Å². The third kappa shape index (κ3) is 4.02. The summed E-state index contributed by atoms with van der Waals surface area (Å²) in [5.74, 6) is 0.153. The molecule has 0 bridgehead atoms. The van der Waals surface area contributed by atoms with Gasteiger partial charge in [0.25, 0.3) is 0 Å². The van der Waals surface area contributed by atoms with Crippen molar-refractivity contribution >= 4 is 11.3 Å². The van der Waals surface area contributed by atoms with Crippen molar-refractivity contribution in [1.29, 1.82) is 0 Å². The number of rotatable bonds is 6. The summed E-state index contributed by atoms with van der Waals surface area (Å²) < 4.78 is 28.4. The maximum atomic E-state index is 12.1. The van der Waals surface area contributed by atoms with Crippen LogP contribution in [0, 0.1) is 0 Å². The number of hydrogen-bond donors (Lipinski definition) is 1. The lowest BCUT2D eigenvalue weighted by Gasteiger charge is -2.12. The molecule has 0 spiro atoms. The van der Waals surface area contributed by atoms with Crippen LogP contribution in [0.5, 0.6) is 5.75 Å². The number of halogens is 2. The Morgan fingerprint density at radius 1 is 1.10 bits per heavy atom. The fourth-order valence-corrected chi connectivity index (χ4v) is 2.97. The Labute approximate surface area is 121 Å². The highest BCUT2D eigenvalue weighted by Crippen LogP contribution is 2.24. The molecule has 5 heteroatoms. The zero-order valence-corrected chi connectivity index (χ0v) is 12.0. The highest BCUT2D eigenvalue weighted by atomic mass is 32.1. The van der Waals surface area contributed by atoms with Gasteiger partial charge in [0.05, 0.1) is 0 Å². The van der Waals surface area contributed by atoms with E-state index in [1.54, 1.807) is 23.5 Å². The van der Waals surface area contributed by atoms with Crippen molar-refractivity contribution in [1.82, 2.24) is 0 Å². The second-order valence-corrected chi connectivity index (χ2v) is 5.73. The highest BCUT2D eigenvalue weighted by molar-refractivity contribution is 7.11. The van der Waals surface area contributed by atoms with E-state index in [1.165, 1.54) is 21.9 Å². The van der Waals surface area contributed by atoms with E-state index in [4.69, 9.17) is 5.73 Å². The molecule has 1 unspecified atom stereocenters. The Bertz CT molecular complexity index is 539. The van der Waals surface area contributed by atoms with Crippen LogP contribution < -0.4 is 10.5 Å². The van der Waals surface area contributed by atoms with E-state index in [-0.39, 0.29) is 11.8 Å². The lowest BCUT2D eigenvalue weighted by Crippen LogP contribution is -2.12. The van der Waals surface area contributed by atoms with Gasteiger partial charge in [-0.15, -0.1) is 11.3 Å². The third-order valence-electron chi connectivity index (χ3n) is 3.02. The van der Waals surface area contributed by atoms with Crippen LogP contribution in [-0.2, 0) is 12.8 Å². The van der Waals surface area contributed by atoms with Crippen LogP contribution in [0.1, 0.15) is 28.3 Å². The van der Waals surface area contributed by atoms with Crippen molar-refractivity contribution in [2.75, 3.05) is 0 Å². The lowest BCUT2D eigenvalue weighted by atomic mass is 10.0. The van der Waals surface area contributed by atoms with Crippen LogP contribution in [-0.4, -0.2) is 6.61 Å². The van der Waals surface area contributed by atoms with Crippen LogP contribution >= 0.6 is 11.3 Å². The van der Waals surface area contributed by atoms with Gasteiger partial charge in [-0.3, -0.25) is 0 Å². The van der Waals surface area contributed by atoms with Crippen molar-refractivity contribution in [3.05, 3.63) is 51.7 Å². The van der Waals surface area contributed by atoms with Crippen molar-refractivity contribution in [3.63, 3.8) is 0 Å². The monoisotopic (exact) mass is 297 g/mol. The molecule has 20 heavy (non-hydrogen) atoms. The molecular formula is C15H17F2NOS. The fourth-order valence-electron chi connectivity index (χ4n) is 1.95. The zero-order chi connectivity index (χ0) is 14.5. The normalized spacial score (nSPS) is 12.7. The fraction of sp³-hybridized carbons (Fsp3) is 0.333. The van der Waals surface area contributed by atoms with E-state index >= 15 is 0 Å². The van der Waals surface area contributed by atoms with Gasteiger partial charge in [0.2, 0.25) is 0 Å². The second-order valence-electron chi connectivity index (χ2n) is 4.48. The molecule has 1 atom stereocenters. The van der Waals surface area contributed by atoms with E-state index in [0.717, 1.165) is 18.4 Å². The standard InChI is InChI=1S/C15H17F2NOS/c1-2-12-7-8-13(20-12)9-14(18)10-3-5-11(6-4-10)19-15(16)17/h3-8,14-15H,2,9,18H2,1H3. The van der Waals surface area contributed by atoms with Gasteiger partial charge >= 0.3 is 6.61 Å². The topological polar surface area (TPSA) is 35.2 Å². The molecular weight excluding hydrogens is 280 g/mol. The minimum atomic E-state index is -2.80. The number of aryl methyl sites for hydroxylation is 1. The van der Waals surface area contributed by atoms with E-state index in [0.29, 0.717) is 0 Å². The van der Waals surface area contributed by atoms with E-state index in [9.17, 15) is 8.78 Å². The van der Waals surface area contributed by atoms with Crippen molar-refractivity contribution in [2.24, 2.45) is 5.73 Å². The molecule has 0 saturated heterocycles. The summed E-state index contributed by atoms with van der Waals surface area (Å²) in [6.07, 6.45) is 1.78. The maximum Gasteiger partial charge on any atom is 0.387 e. The Morgan fingerprint density at radius 3 is 2.30 bits per heavy atom. The summed E-state index contributed by atoms with van der Waals surface area (Å²) in [4.78, 5) is 2.58. The van der Waals surface area contributed by atoms with Gasteiger partial charge in [-0.1, -0.05) is 19.1 Å². The molecule has 108 valence electrons. The van der Waals surface area contributed by atoms with E-state index in [2.05, 4.69) is 23.8 Å². The zero-order valence-electron chi connectivity index (χ0n) is 11.2. The van der Waals surface area contributed by atoms with Gasteiger partial charge in [-0.25, -0.2) is 0 Å². The Balaban J connectivity index is 1.99. The average molecular weight is 297 g/mol. The van der Waals surface area contributed by atoms with Crippen molar-refractivity contribution in [2.45, 2.75) is 32.4 Å². The summed E-state index contributed by atoms with van der Waals surface area (Å²) in [7, 11) is 0. The molecule has 1 heterocycles. The van der Waals surface area contributed by atoms with E-state index < -0.39 is 6.61 Å². The quantitative estimate of drug-likeness (QED) is 0.869. The summed E-state index contributed by atoms with van der Waals surface area (Å²) in [6, 6.07) is 10.6. The second kappa shape index (κ2) is 6.81. The molecule has 0 aliphatic rings. The predicted molar refractivity (Wildman–Crippen MR) is 77.4 cm³/mol. The molecule has 0 amide bonds. The molecule has 1 aromatic heterocycles. The van der Waals surface area contributed by atoms with Gasteiger partial charge in [0.15, 0.2) is 0 Å². The minimum Gasteiger partial charge on any atom is -0.435 e. The number of thiophene rings is 1. The number of alkyl halides is 2. The Morgan fingerprint density at radius 2 is 1.75 bits per heavy atom. The predicted octanol–water partition coefficient (Wildman–Crippen LogP) is 4.15. The molecule has 0 saturated carbocycles. The molecule has 2 rings (SSSR count). The highest BCUT2D eigenvalue weighted by Gasteiger charge is 2.10. The van der Waals surface area contributed by atoms with Gasteiger partial charge in [-0.2, -0.15) is 8.78 Å². The third-order valence-corrected chi connectivity index (χ3v) is 4.27. The number of nitrogens with two attached hydrogens (primary N) is 1. The smallest absolute Gasteiger partial charge is 0.387 e. The average Bonchev–Trinajstić information content (AvgIpc) is 2.86. The van der Waals surface area contributed by atoms with E-state index in [1.807, 2.05) is 0 Å². The molecule has 0 aliphatic heterocycles. The molecule has 2 aromatic rings. The number of benzene rings is 1. The molecule has 0 fully saturated rings. The molecule has 0 aliphatic carbocycles. The molecule has 2 N–H and O–H groups in total. The Kier molecular flexibility index (Phi) is 5.09. The summed E-state index contributed by atoms with van der Waals surface area (Å²) in [6.45, 7) is -0.676. The first-order valence-electron chi connectivity index (χ1n) is 6.46. The largest absolute Gasteiger partial charge is 0.435 e. The minimum absolute atomic E-state index is 0.140. The summed E-state index contributed by atoms with van der Waals surface area (Å²) >= 11 is 1.76. The summed E-state index contributed by atoms with van der Waals surface area (Å²) in [5.41, 5.74) is 7.06.